The molecule has 27 heavy (non-hydrogen) atoms. The van der Waals surface area contributed by atoms with Gasteiger partial charge < -0.3 is 19.7 Å². The van der Waals surface area contributed by atoms with E-state index in [-0.39, 0.29) is 24.0 Å². The molecule has 0 radical (unpaired) electrons. The maximum absolute atomic E-state index is 4.83. The van der Waals surface area contributed by atoms with Gasteiger partial charge in [-0.2, -0.15) is 0 Å². The van der Waals surface area contributed by atoms with Crippen molar-refractivity contribution >= 4 is 35.8 Å². The Morgan fingerprint density at radius 2 is 2.00 bits per heavy atom. The highest BCUT2D eigenvalue weighted by Gasteiger charge is 2.21. The van der Waals surface area contributed by atoms with Gasteiger partial charge in [0.2, 0.25) is 0 Å². The molecule has 1 N–H and O–H groups in total. The van der Waals surface area contributed by atoms with E-state index in [2.05, 4.69) is 47.9 Å². The average Bonchev–Trinajstić information content (AvgIpc) is 3.30. The van der Waals surface area contributed by atoms with E-state index in [0.717, 1.165) is 75.5 Å². The van der Waals surface area contributed by atoms with Gasteiger partial charge in [-0.1, -0.05) is 6.07 Å². The summed E-state index contributed by atoms with van der Waals surface area (Å²) in [4.78, 5) is 13.9. The number of fused-ring (bicyclic) bond motifs is 1. The summed E-state index contributed by atoms with van der Waals surface area (Å²) in [6.07, 6.45) is 4.05. The van der Waals surface area contributed by atoms with Crippen molar-refractivity contribution < 1.29 is 0 Å². The van der Waals surface area contributed by atoms with Crippen LogP contribution in [0.4, 0.5) is 5.82 Å². The number of hydrogen-bond donors (Lipinski definition) is 1. The van der Waals surface area contributed by atoms with Gasteiger partial charge in [0.15, 0.2) is 11.8 Å². The van der Waals surface area contributed by atoms with Gasteiger partial charge in [0.05, 0.1) is 0 Å². The van der Waals surface area contributed by atoms with Gasteiger partial charge in [0, 0.05) is 51.9 Å². The van der Waals surface area contributed by atoms with E-state index in [4.69, 9.17) is 4.99 Å². The number of piperazine rings is 1. The molecule has 1 fully saturated rings. The van der Waals surface area contributed by atoms with E-state index in [9.17, 15) is 0 Å². The van der Waals surface area contributed by atoms with Gasteiger partial charge in [-0.3, -0.25) is 0 Å². The normalized spacial score (nSPS) is 16.9. The molecule has 0 aliphatic carbocycles. The van der Waals surface area contributed by atoms with Crippen LogP contribution in [-0.2, 0) is 19.5 Å². The van der Waals surface area contributed by atoms with Gasteiger partial charge in [-0.15, -0.1) is 34.2 Å². The number of aryl methyl sites for hydroxylation is 1. The van der Waals surface area contributed by atoms with Crippen LogP contribution in [0.5, 0.6) is 0 Å². The number of nitrogens with zero attached hydrogens (tertiary/aromatic N) is 7. The molecule has 4 heterocycles. The average molecular weight is 482 g/mol. The SMILES string of the molecule is CCNC(=NCc1nnc2n1CCC2)N1CCN(c2ccccn2)CC1.I. The Hall–Kier alpha value is -1.91. The van der Waals surface area contributed by atoms with Crippen molar-refractivity contribution in [2.45, 2.75) is 32.9 Å². The Morgan fingerprint density at radius 1 is 1.15 bits per heavy atom. The molecule has 9 heteroatoms. The Morgan fingerprint density at radius 3 is 2.74 bits per heavy atom. The van der Waals surface area contributed by atoms with Crippen LogP contribution in [0, 0.1) is 0 Å². The molecule has 0 saturated carbocycles. The zero-order valence-corrected chi connectivity index (χ0v) is 18.0. The highest BCUT2D eigenvalue weighted by Crippen LogP contribution is 2.15. The summed E-state index contributed by atoms with van der Waals surface area (Å²) in [6.45, 7) is 8.32. The topological polar surface area (TPSA) is 74.5 Å². The van der Waals surface area contributed by atoms with E-state index in [1.54, 1.807) is 0 Å². The lowest BCUT2D eigenvalue weighted by Crippen LogP contribution is -2.52. The van der Waals surface area contributed by atoms with Crippen molar-refractivity contribution in [1.82, 2.24) is 30.0 Å². The predicted molar refractivity (Wildman–Crippen MR) is 117 cm³/mol. The number of aromatic nitrogens is 4. The summed E-state index contributed by atoms with van der Waals surface area (Å²) in [7, 11) is 0. The van der Waals surface area contributed by atoms with Gasteiger partial charge >= 0.3 is 0 Å². The van der Waals surface area contributed by atoms with Crippen molar-refractivity contribution in [2.24, 2.45) is 4.99 Å². The first-order chi connectivity index (χ1) is 12.8. The highest BCUT2D eigenvalue weighted by molar-refractivity contribution is 14.0. The monoisotopic (exact) mass is 482 g/mol. The zero-order chi connectivity index (χ0) is 17.8. The fraction of sp³-hybridized carbons (Fsp3) is 0.556. The van der Waals surface area contributed by atoms with Gasteiger partial charge in [-0.25, -0.2) is 9.98 Å². The number of aliphatic imine (C=N–C) groups is 1. The second-order valence-corrected chi connectivity index (χ2v) is 6.62. The number of nitrogens with one attached hydrogen (secondary N) is 1. The van der Waals surface area contributed by atoms with E-state index in [0.29, 0.717) is 6.54 Å². The molecule has 0 atom stereocenters. The van der Waals surface area contributed by atoms with Crippen LogP contribution in [-0.4, -0.2) is 63.3 Å². The molecule has 2 aliphatic rings. The maximum atomic E-state index is 4.83. The lowest BCUT2D eigenvalue weighted by atomic mass is 10.3. The molecule has 2 aliphatic heterocycles. The molecule has 4 rings (SSSR count). The minimum Gasteiger partial charge on any atom is -0.357 e. The van der Waals surface area contributed by atoms with Crippen LogP contribution >= 0.6 is 24.0 Å². The molecular weight excluding hydrogens is 455 g/mol. The Kier molecular flexibility index (Phi) is 6.86. The van der Waals surface area contributed by atoms with Crippen molar-refractivity contribution in [3.63, 3.8) is 0 Å². The molecule has 8 nitrogen and oxygen atoms in total. The van der Waals surface area contributed by atoms with Gasteiger partial charge in [0.1, 0.15) is 18.2 Å². The molecule has 0 aromatic carbocycles. The van der Waals surface area contributed by atoms with Gasteiger partial charge in [0.25, 0.3) is 0 Å². The summed E-state index contributed by atoms with van der Waals surface area (Å²) in [5.41, 5.74) is 0. The Balaban J connectivity index is 0.00000210. The van der Waals surface area contributed by atoms with Crippen molar-refractivity contribution in [1.29, 1.82) is 0 Å². The summed E-state index contributed by atoms with van der Waals surface area (Å²) in [5.74, 6) is 4.08. The first-order valence-corrected chi connectivity index (χ1v) is 9.45. The fourth-order valence-corrected chi connectivity index (χ4v) is 3.59. The lowest BCUT2D eigenvalue weighted by Gasteiger charge is -2.37. The highest BCUT2D eigenvalue weighted by atomic mass is 127. The van der Waals surface area contributed by atoms with Crippen LogP contribution < -0.4 is 10.2 Å². The number of hydrogen-bond acceptors (Lipinski definition) is 5. The fourth-order valence-electron chi connectivity index (χ4n) is 3.59. The van der Waals surface area contributed by atoms with Crippen molar-refractivity contribution in [2.75, 3.05) is 37.6 Å². The van der Waals surface area contributed by atoms with Crippen LogP contribution in [0.1, 0.15) is 25.0 Å². The Labute approximate surface area is 177 Å². The third-order valence-corrected chi connectivity index (χ3v) is 4.94. The minimum absolute atomic E-state index is 0. The quantitative estimate of drug-likeness (QED) is 0.405. The van der Waals surface area contributed by atoms with E-state index < -0.39 is 0 Å². The molecule has 146 valence electrons. The molecular formula is C18H27IN8. The van der Waals surface area contributed by atoms with Gasteiger partial charge in [-0.05, 0) is 25.5 Å². The van der Waals surface area contributed by atoms with E-state index >= 15 is 0 Å². The summed E-state index contributed by atoms with van der Waals surface area (Å²) in [5, 5.41) is 12.0. The van der Waals surface area contributed by atoms with E-state index in [1.165, 1.54) is 0 Å². The molecule has 1 saturated heterocycles. The molecule has 0 bridgehead atoms. The molecule has 2 aromatic heterocycles. The molecule has 0 unspecified atom stereocenters. The van der Waals surface area contributed by atoms with Crippen LogP contribution in [0.15, 0.2) is 29.4 Å². The number of halogens is 1. The zero-order valence-electron chi connectivity index (χ0n) is 15.7. The number of anilines is 1. The standard InChI is InChI=1S/C18H26N8.HI/c1-2-19-18(21-14-17-23-22-16-7-5-9-26(16)17)25-12-10-24(11-13-25)15-6-3-4-8-20-15;/h3-4,6,8H,2,5,7,9-14H2,1H3,(H,19,21);1H. The molecule has 0 amide bonds. The first-order valence-electron chi connectivity index (χ1n) is 9.45. The summed E-state index contributed by atoms with van der Waals surface area (Å²) >= 11 is 0. The summed E-state index contributed by atoms with van der Waals surface area (Å²) < 4.78 is 2.21. The Bertz CT molecular complexity index is 752. The predicted octanol–water partition coefficient (Wildman–Crippen LogP) is 1.52. The van der Waals surface area contributed by atoms with Crippen LogP contribution in [0.25, 0.3) is 0 Å². The second kappa shape index (κ2) is 9.34. The minimum atomic E-state index is 0. The number of pyridine rings is 1. The smallest absolute Gasteiger partial charge is 0.194 e. The third-order valence-electron chi connectivity index (χ3n) is 4.94. The van der Waals surface area contributed by atoms with Crippen LogP contribution in [0.3, 0.4) is 0 Å². The van der Waals surface area contributed by atoms with Crippen molar-refractivity contribution in [3.05, 3.63) is 36.0 Å². The van der Waals surface area contributed by atoms with Crippen LogP contribution in [0.2, 0.25) is 0 Å². The summed E-state index contributed by atoms with van der Waals surface area (Å²) in [6, 6.07) is 6.06. The lowest BCUT2D eigenvalue weighted by molar-refractivity contribution is 0.371. The largest absolute Gasteiger partial charge is 0.357 e. The van der Waals surface area contributed by atoms with E-state index in [1.807, 2.05) is 18.3 Å². The number of guanidine groups is 1. The molecule has 0 spiro atoms. The number of rotatable bonds is 4. The second-order valence-electron chi connectivity index (χ2n) is 6.62. The van der Waals surface area contributed by atoms with Crippen molar-refractivity contribution in [3.8, 4) is 0 Å². The first kappa shape index (κ1) is 19.8. The maximum Gasteiger partial charge on any atom is 0.194 e. The molecule has 2 aromatic rings. The third kappa shape index (κ3) is 4.50.